The highest BCUT2D eigenvalue weighted by Gasteiger charge is 2.18. The van der Waals surface area contributed by atoms with Crippen molar-refractivity contribution in [1.29, 1.82) is 0 Å². The molecule has 1 aliphatic rings. The van der Waals surface area contributed by atoms with E-state index in [0.29, 0.717) is 13.0 Å². The number of hydrogen-bond donors (Lipinski definition) is 1. The first-order valence-electron chi connectivity index (χ1n) is 11.0. The third kappa shape index (κ3) is 5.82. The van der Waals surface area contributed by atoms with Crippen LogP contribution in [0.3, 0.4) is 0 Å². The van der Waals surface area contributed by atoms with Gasteiger partial charge < -0.3 is 19.7 Å². The molecule has 1 aromatic carbocycles. The van der Waals surface area contributed by atoms with E-state index in [-0.39, 0.29) is 18.4 Å². The fraction of sp³-hybridized carbons (Fsp3) is 0.565. The fourth-order valence-electron chi connectivity index (χ4n) is 4.02. The van der Waals surface area contributed by atoms with Gasteiger partial charge in [-0.2, -0.15) is 0 Å². The highest BCUT2D eigenvalue weighted by Crippen LogP contribution is 2.21. The number of likely N-dealkylation sites (tertiary alicyclic amines) is 1. The van der Waals surface area contributed by atoms with Crippen molar-refractivity contribution in [2.45, 2.75) is 52.5 Å². The lowest BCUT2D eigenvalue weighted by Gasteiger charge is -2.24. The van der Waals surface area contributed by atoms with Gasteiger partial charge in [0.2, 0.25) is 11.8 Å². The second-order valence-corrected chi connectivity index (χ2v) is 7.84. The molecule has 2 heterocycles. The maximum Gasteiger partial charge on any atom is 0.243 e. The summed E-state index contributed by atoms with van der Waals surface area (Å²) in [4.78, 5) is 28.8. The van der Waals surface area contributed by atoms with Crippen LogP contribution in [0.15, 0.2) is 30.5 Å². The topological polar surface area (TPSA) is 57.6 Å². The molecule has 1 N–H and O–H groups in total. The van der Waals surface area contributed by atoms with Crippen LogP contribution in [0, 0.1) is 0 Å². The molecule has 0 bridgehead atoms. The van der Waals surface area contributed by atoms with Crippen LogP contribution in [0.5, 0.6) is 0 Å². The molecule has 29 heavy (non-hydrogen) atoms. The number of nitrogens with one attached hydrogen (secondary N) is 1. The average Bonchev–Trinajstić information content (AvgIpc) is 3.11. The van der Waals surface area contributed by atoms with Crippen molar-refractivity contribution in [3.05, 3.63) is 30.5 Å². The molecule has 1 aliphatic heterocycles. The quantitative estimate of drug-likeness (QED) is 0.737. The van der Waals surface area contributed by atoms with Crippen LogP contribution in [0.25, 0.3) is 10.9 Å². The summed E-state index contributed by atoms with van der Waals surface area (Å²) in [6, 6.07) is 8.11. The minimum Gasteiger partial charge on any atom is -0.346 e. The Hall–Kier alpha value is -2.34. The van der Waals surface area contributed by atoms with E-state index in [1.165, 1.54) is 5.52 Å². The van der Waals surface area contributed by atoms with E-state index in [9.17, 15) is 9.59 Å². The van der Waals surface area contributed by atoms with Crippen LogP contribution in [0.2, 0.25) is 0 Å². The Morgan fingerprint density at radius 2 is 1.90 bits per heavy atom. The van der Waals surface area contributed by atoms with Gasteiger partial charge in [-0.05, 0) is 50.2 Å². The Bertz CT molecular complexity index is 825. The van der Waals surface area contributed by atoms with Crippen molar-refractivity contribution < 1.29 is 9.59 Å². The monoisotopic (exact) mass is 398 g/mol. The number of nitrogens with zero attached hydrogens (tertiary/aromatic N) is 3. The number of carbonyl (C=O) groups is 2. The molecule has 0 aliphatic carbocycles. The van der Waals surface area contributed by atoms with E-state index in [1.54, 1.807) is 4.90 Å². The zero-order valence-electron chi connectivity index (χ0n) is 17.8. The molecule has 0 unspecified atom stereocenters. The SMILES string of the molecule is CCN(CC)CCn1ccc2cc(NC(=O)CN3CCCCCCC3=O)ccc21. The van der Waals surface area contributed by atoms with E-state index in [1.807, 2.05) is 12.1 Å². The van der Waals surface area contributed by atoms with Gasteiger partial charge in [-0.1, -0.05) is 26.7 Å². The number of hydrogen-bond acceptors (Lipinski definition) is 3. The molecular formula is C23H34N4O2. The Kier molecular flexibility index (Phi) is 7.69. The fourth-order valence-corrected chi connectivity index (χ4v) is 4.02. The van der Waals surface area contributed by atoms with Crippen LogP contribution >= 0.6 is 0 Å². The number of carbonyl (C=O) groups excluding carboxylic acids is 2. The van der Waals surface area contributed by atoms with Crippen LogP contribution in [0.1, 0.15) is 46.0 Å². The molecule has 0 radical (unpaired) electrons. The third-order valence-corrected chi connectivity index (χ3v) is 5.86. The Morgan fingerprint density at radius 3 is 2.69 bits per heavy atom. The molecule has 1 fully saturated rings. The molecule has 6 heteroatoms. The normalized spacial score (nSPS) is 15.6. The first-order chi connectivity index (χ1) is 14.1. The molecule has 0 saturated carbocycles. The minimum atomic E-state index is -0.126. The molecule has 6 nitrogen and oxygen atoms in total. The van der Waals surface area contributed by atoms with E-state index < -0.39 is 0 Å². The van der Waals surface area contributed by atoms with Gasteiger partial charge in [0.05, 0.1) is 6.54 Å². The number of fused-ring (bicyclic) bond motifs is 1. The zero-order valence-corrected chi connectivity index (χ0v) is 17.8. The van der Waals surface area contributed by atoms with Crippen LogP contribution in [0.4, 0.5) is 5.69 Å². The van der Waals surface area contributed by atoms with Gasteiger partial charge in [0, 0.05) is 48.8 Å². The zero-order chi connectivity index (χ0) is 20.6. The van der Waals surface area contributed by atoms with Crippen molar-refractivity contribution in [3.8, 4) is 0 Å². The second kappa shape index (κ2) is 10.4. The summed E-state index contributed by atoms with van der Waals surface area (Å²) in [5.41, 5.74) is 1.96. The highest BCUT2D eigenvalue weighted by atomic mass is 16.2. The summed E-state index contributed by atoms with van der Waals surface area (Å²) >= 11 is 0. The molecule has 3 rings (SSSR count). The van der Waals surface area contributed by atoms with Crippen LogP contribution in [-0.4, -0.2) is 58.9 Å². The summed E-state index contributed by atoms with van der Waals surface area (Å²) in [5.74, 6) is -0.0279. The maximum atomic E-state index is 12.5. The van der Waals surface area contributed by atoms with Crippen molar-refractivity contribution in [2.75, 3.05) is 38.0 Å². The summed E-state index contributed by atoms with van der Waals surface area (Å²) in [7, 11) is 0. The molecule has 1 aromatic heterocycles. The number of aromatic nitrogens is 1. The molecule has 1 saturated heterocycles. The Morgan fingerprint density at radius 1 is 1.10 bits per heavy atom. The minimum absolute atomic E-state index is 0.0978. The molecule has 0 atom stereocenters. The van der Waals surface area contributed by atoms with Crippen molar-refractivity contribution in [2.24, 2.45) is 0 Å². The Labute approximate surface area is 173 Å². The Balaban J connectivity index is 1.60. The number of amides is 2. The smallest absolute Gasteiger partial charge is 0.243 e. The van der Waals surface area contributed by atoms with Crippen LogP contribution < -0.4 is 5.32 Å². The van der Waals surface area contributed by atoms with Crippen molar-refractivity contribution in [1.82, 2.24) is 14.4 Å². The standard InChI is InChI=1S/C23H34N4O2/c1-3-25(4-2)15-16-26-14-12-19-17-20(10-11-21(19)26)24-22(28)18-27-13-8-6-5-7-9-23(27)29/h10-12,14,17H,3-9,13,15-16,18H2,1-2H3,(H,24,28). The van der Waals surface area contributed by atoms with Gasteiger partial charge in [0.15, 0.2) is 0 Å². The first-order valence-corrected chi connectivity index (χ1v) is 11.0. The lowest BCUT2D eigenvalue weighted by atomic mass is 10.1. The van der Waals surface area contributed by atoms with Crippen molar-refractivity contribution >= 4 is 28.4 Å². The predicted molar refractivity (Wildman–Crippen MR) is 118 cm³/mol. The van der Waals surface area contributed by atoms with Gasteiger partial charge >= 0.3 is 0 Å². The number of benzene rings is 1. The van der Waals surface area contributed by atoms with E-state index in [2.05, 4.69) is 47.0 Å². The van der Waals surface area contributed by atoms with Crippen molar-refractivity contribution in [3.63, 3.8) is 0 Å². The third-order valence-electron chi connectivity index (χ3n) is 5.86. The highest BCUT2D eigenvalue weighted by molar-refractivity contribution is 5.96. The van der Waals surface area contributed by atoms with Gasteiger partial charge in [0.1, 0.15) is 0 Å². The molecule has 2 amide bonds. The molecule has 158 valence electrons. The molecule has 2 aromatic rings. The summed E-state index contributed by atoms with van der Waals surface area (Å²) in [6.45, 7) is 9.30. The summed E-state index contributed by atoms with van der Waals surface area (Å²) in [6.07, 6.45) is 6.82. The average molecular weight is 399 g/mol. The lowest BCUT2D eigenvalue weighted by Crippen LogP contribution is -2.39. The summed E-state index contributed by atoms with van der Waals surface area (Å²) in [5, 5.41) is 4.08. The second-order valence-electron chi connectivity index (χ2n) is 7.84. The molecular weight excluding hydrogens is 364 g/mol. The number of rotatable bonds is 8. The van der Waals surface area contributed by atoms with Gasteiger partial charge in [-0.25, -0.2) is 0 Å². The van der Waals surface area contributed by atoms with Gasteiger partial charge in [0.25, 0.3) is 0 Å². The molecule has 0 spiro atoms. The predicted octanol–water partition coefficient (Wildman–Crippen LogP) is 3.71. The first kappa shape index (κ1) is 21.4. The van der Waals surface area contributed by atoms with Gasteiger partial charge in [-0.3, -0.25) is 9.59 Å². The summed E-state index contributed by atoms with van der Waals surface area (Å²) < 4.78 is 2.26. The van der Waals surface area contributed by atoms with Gasteiger partial charge in [-0.15, -0.1) is 0 Å². The maximum absolute atomic E-state index is 12.5. The van der Waals surface area contributed by atoms with E-state index in [4.69, 9.17) is 0 Å². The number of anilines is 1. The van der Waals surface area contributed by atoms with Crippen LogP contribution in [-0.2, 0) is 16.1 Å². The van der Waals surface area contributed by atoms with E-state index >= 15 is 0 Å². The lowest BCUT2D eigenvalue weighted by molar-refractivity contribution is -0.135. The largest absolute Gasteiger partial charge is 0.346 e. The number of likely N-dealkylation sites (N-methyl/N-ethyl adjacent to an activating group) is 1. The van der Waals surface area contributed by atoms with E-state index in [0.717, 1.165) is 62.9 Å².